The molecule has 0 radical (unpaired) electrons. The molecule has 14 heavy (non-hydrogen) atoms. The molecule has 2 atom stereocenters. The second-order valence-corrected chi connectivity index (χ2v) is 3.86. The van der Waals surface area contributed by atoms with E-state index in [0.29, 0.717) is 12.1 Å². The summed E-state index contributed by atoms with van der Waals surface area (Å²) in [6.45, 7) is 4.85. The summed E-state index contributed by atoms with van der Waals surface area (Å²) in [7, 11) is 0. The van der Waals surface area contributed by atoms with Gasteiger partial charge >= 0.3 is 0 Å². The molecule has 1 aromatic rings. The molecule has 4 nitrogen and oxygen atoms in total. The van der Waals surface area contributed by atoms with Crippen molar-refractivity contribution in [3.8, 4) is 0 Å². The molecule has 1 saturated heterocycles. The van der Waals surface area contributed by atoms with Crippen molar-refractivity contribution in [1.82, 2.24) is 15.1 Å². The molecular weight excluding hydrogens is 178 g/mol. The Hall–Kier alpha value is -0.870. The van der Waals surface area contributed by atoms with Gasteiger partial charge in [-0.25, -0.2) is 0 Å². The lowest BCUT2D eigenvalue weighted by atomic mass is 10.2. The first-order valence-electron chi connectivity index (χ1n) is 5.16. The Balaban J connectivity index is 1.75. The molecule has 4 heteroatoms. The molecule has 1 aliphatic heterocycles. The van der Waals surface area contributed by atoms with Crippen LogP contribution in [-0.4, -0.2) is 35.1 Å². The van der Waals surface area contributed by atoms with Crippen molar-refractivity contribution in [3.05, 3.63) is 18.5 Å². The standard InChI is InChI=1S/C10H17N3O/c1-9(7-13-5-2-4-11-13)12-10-3-6-14-8-10/h2,4-5,9-10,12H,3,6-8H2,1H3. The fourth-order valence-electron chi connectivity index (χ4n) is 1.81. The van der Waals surface area contributed by atoms with Crippen LogP contribution in [0.15, 0.2) is 18.5 Å². The normalized spacial score (nSPS) is 23.9. The maximum Gasteiger partial charge on any atom is 0.0620 e. The van der Waals surface area contributed by atoms with E-state index in [2.05, 4.69) is 17.3 Å². The maximum absolute atomic E-state index is 5.31. The topological polar surface area (TPSA) is 39.1 Å². The lowest BCUT2D eigenvalue weighted by Gasteiger charge is -2.17. The molecule has 78 valence electrons. The van der Waals surface area contributed by atoms with Crippen LogP contribution < -0.4 is 5.32 Å². The molecule has 1 aliphatic rings. The molecule has 0 aliphatic carbocycles. The zero-order chi connectivity index (χ0) is 9.80. The van der Waals surface area contributed by atoms with Gasteiger partial charge in [0.2, 0.25) is 0 Å². The summed E-state index contributed by atoms with van der Waals surface area (Å²) in [5.74, 6) is 0. The fourth-order valence-corrected chi connectivity index (χ4v) is 1.81. The Labute approximate surface area is 84.3 Å². The molecule has 2 unspecified atom stereocenters. The van der Waals surface area contributed by atoms with E-state index in [-0.39, 0.29) is 0 Å². The molecule has 0 bridgehead atoms. The number of hydrogen-bond donors (Lipinski definition) is 1. The summed E-state index contributed by atoms with van der Waals surface area (Å²) in [6.07, 6.45) is 4.93. The van der Waals surface area contributed by atoms with E-state index in [1.165, 1.54) is 0 Å². The van der Waals surface area contributed by atoms with Gasteiger partial charge in [0.15, 0.2) is 0 Å². The minimum Gasteiger partial charge on any atom is -0.380 e. The highest BCUT2D eigenvalue weighted by molar-refractivity contribution is 4.80. The maximum atomic E-state index is 5.31. The van der Waals surface area contributed by atoms with Crippen LogP contribution in [0.4, 0.5) is 0 Å². The van der Waals surface area contributed by atoms with Crippen molar-refractivity contribution in [2.75, 3.05) is 13.2 Å². The van der Waals surface area contributed by atoms with E-state index >= 15 is 0 Å². The summed E-state index contributed by atoms with van der Waals surface area (Å²) < 4.78 is 7.26. The number of nitrogens with zero attached hydrogens (tertiary/aromatic N) is 2. The molecule has 0 spiro atoms. The molecule has 2 rings (SSSR count). The van der Waals surface area contributed by atoms with Crippen LogP contribution in [0.25, 0.3) is 0 Å². The summed E-state index contributed by atoms with van der Waals surface area (Å²) in [5, 5.41) is 7.71. The van der Waals surface area contributed by atoms with Gasteiger partial charge in [0.05, 0.1) is 13.2 Å². The van der Waals surface area contributed by atoms with E-state index in [4.69, 9.17) is 4.74 Å². The number of ether oxygens (including phenoxy) is 1. The lowest BCUT2D eigenvalue weighted by Crippen LogP contribution is -2.39. The van der Waals surface area contributed by atoms with Crippen molar-refractivity contribution in [2.45, 2.75) is 32.0 Å². The first-order valence-corrected chi connectivity index (χ1v) is 5.16. The van der Waals surface area contributed by atoms with Crippen molar-refractivity contribution >= 4 is 0 Å². The zero-order valence-electron chi connectivity index (χ0n) is 8.52. The largest absolute Gasteiger partial charge is 0.380 e. The van der Waals surface area contributed by atoms with E-state index in [0.717, 1.165) is 26.2 Å². The smallest absolute Gasteiger partial charge is 0.0620 e. The summed E-state index contributed by atoms with van der Waals surface area (Å²) in [5.41, 5.74) is 0. The highest BCUT2D eigenvalue weighted by Crippen LogP contribution is 2.04. The van der Waals surface area contributed by atoms with Crippen LogP contribution in [0.5, 0.6) is 0 Å². The van der Waals surface area contributed by atoms with Gasteiger partial charge in [-0.05, 0) is 19.4 Å². The number of rotatable bonds is 4. The molecule has 0 saturated carbocycles. The minimum absolute atomic E-state index is 0.446. The monoisotopic (exact) mass is 195 g/mol. The molecule has 0 aromatic carbocycles. The third kappa shape index (κ3) is 2.56. The van der Waals surface area contributed by atoms with Crippen LogP contribution in [0, 0.1) is 0 Å². The van der Waals surface area contributed by atoms with Gasteiger partial charge in [0.25, 0.3) is 0 Å². The van der Waals surface area contributed by atoms with Crippen LogP contribution >= 0.6 is 0 Å². The zero-order valence-corrected chi connectivity index (χ0v) is 8.52. The third-order valence-corrected chi connectivity index (χ3v) is 2.47. The highest BCUT2D eigenvalue weighted by atomic mass is 16.5. The first kappa shape index (κ1) is 9.68. The van der Waals surface area contributed by atoms with Crippen molar-refractivity contribution in [3.63, 3.8) is 0 Å². The Morgan fingerprint density at radius 2 is 2.64 bits per heavy atom. The van der Waals surface area contributed by atoms with Gasteiger partial charge in [0.1, 0.15) is 0 Å². The average Bonchev–Trinajstić information content (AvgIpc) is 2.76. The first-order chi connectivity index (χ1) is 6.84. The van der Waals surface area contributed by atoms with Gasteiger partial charge in [-0.1, -0.05) is 0 Å². The van der Waals surface area contributed by atoms with Gasteiger partial charge < -0.3 is 10.1 Å². The Kier molecular flexibility index (Phi) is 3.16. The quantitative estimate of drug-likeness (QED) is 0.766. The van der Waals surface area contributed by atoms with Crippen LogP contribution in [0.2, 0.25) is 0 Å². The third-order valence-electron chi connectivity index (χ3n) is 2.47. The number of aromatic nitrogens is 2. The van der Waals surface area contributed by atoms with E-state index in [9.17, 15) is 0 Å². The molecule has 1 N–H and O–H groups in total. The van der Waals surface area contributed by atoms with Crippen LogP contribution in [-0.2, 0) is 11.3 Å². The van der Waals surface area contributed by atoms with Gasteiger partial charge in [-0.15, -0.1) is 0 Å². The summed E-state index contributed by atoms with van der Waals surface area (Å²) >= 11 is 0. The van der Waals surface area contributed by atoms with Crippen LogP contribution in [0.1, 0.15) is 13.3 Å². The van der Waals surface area contributed by atoms with Crippen molar-refractivity contribution in [2.24, 2.45) is 0 Å². The predicted molar refractivity (Wildman–Crippen MR) is 54.0 cm³/mol. The summed E-state index contributed by atoms with van der Waals surface area (Å²) in [6, 6.07) is 2.92. The molecule has 1 aromatic heterocycles. The molecule has 2 heterocycles. The van der Waals surface area contributed by atoms with Gasteiger partial charge in [0, 0.05) is 31.1 Å². The van der Waals surface area contributed by atoms with Gasteiger partial charge in [-0.2, -0.15) is 5.10 Å². The number of nitrogens with one attached hydrogen (secondary N) is 1. The molecule has 1 fully saturated rings. The van der Waals surface area contributed by atoms with Crippen molar-refractivity contribution < 1.29 is 4.74 Å². The Bertz CT molecular complexity index is 254. The van der Waals surface area contributed by atoms with E-state index in [1.54, 1.807) is 0 Å². The lowest BCUT2D eigenvalue weighted by molar-refractivity contribution is 0.187. The fraction of sp³-hybridized carbons (Fsp3) is 0.700. The second-order valence-electron chi connectivity index (χ2n) is 3.86. The van der Waals surface area contributed by atoms with Gasteiger partial charge in [-0.3, -0.25) is 4.68 Å². The SMILES string of the molecule is CC(Cn1cccn1)NC1CCOC1. The summed E-state index contributed by atoms with van der Waals surface area (Å²) in [4.78, 5) is 0. The van der Waals surface area contributed by atoms with E-state index in [1.807, 2.05) is 23.1 Å². The Morgan fingerprint density at radius 3 is 3.29 bits per heavy atom. The van der Waals surface area contributed by atoms with Crippen LogP contribution in [0.3, 0.4) is 0 Å². The van der Waals surface area contributed by atoms with E-state index < -0.39 is 0 Å². The predicted octanol–water partition coefficient (Wildman–Crippen LogP) is 0.650. The number of hydrogen-bond acceptors (Lipinski definition) is 3. The molecular formula is C10H17N3O. The minimum atomic E-state index is 0.446. The second kappa shape index (κ2) is 4.57. The average molecular weight is 195 g/mol. The van der Waals surface area contributed by atoms with Crippen molar-refractivity contribution in [1.29, 1.82) is 0 Å². The molecule has 0 amide bonds. The Morgan fingerprint density at radius 1 is 1.71 bits per heavy atom. The highest BCUT2D eigenvalue weighted by Gasteiger charge is 2.17.